The van der Waals surface area contributed by atoms with Gasteiger partial charge in [-0.25, -0.2) is 0 Å². The Morgan fingerprint density at radius 2 is 1.92 bits per heavy atom. The first-order valence-electron chi connectivity index (χ1n) is 8.70. The van der Waals surface area contributed by atoms with Crippen LogP contribution in [0.3, 0.4) is 0 Å². The molecule has 0 aromatic heterocycles. The van der Waals surface area contributed by atoms with Gasteiger partial charge in [0.05, 0.1) is 5.71 Å². The van der Waals surface area contributed by atoms with E-state index in [1.807, 2.05) is 31.2 Å². The van der Waals surface area contributed by atoms with Crippen LogP contribution in [0.4, 0.5) is 0 Å². The highest BCUT2D eigenvalue weighted by atomic mass is 14.7. The monoisotopic (exact) mass is 320 g/mol. The average molecular weight is 320 g/mol. The molecule has 1 aromatic carbocycles. The van der Waals surface area contributed by atoms with Crippen molar-refractivity contribution in [3.8, 4) is 0 Å². The van der Waals surface area contributed by atoms with Gasteiger partial charge in [0.25, 0.3) is 0 Å². The fraction of sp³-hybridized carbons (Fsp3) is 0.364. The number of hydrogen-bond donors (Lipinski definition) is 1. The van der Waals surface area contributed by atoms with E-state index in [1.54, 1.807) is 7.05 Å². The van der Waals surface area contributed by atoms with E-state index >= 15 is 0 Å². The largest absolute Gasteiger partial charge is 0.300 e. The average Bonchev–Trinajstić information content (AvgIpc) is 2.60. The molecule has 0 aliphatic heterocycles. The molecule has 1 N–H and O–H groups in total. The van der Waals surface area contributed by atoms with Gasteiger partial charge in [0.2, 0.25) is 0 Å². The lowest BCUT2D eigenvalue weighted by atomic mass is 9.81. The van der Waals surface area contributed by atoms with E-state index in [2.05, 4.69) is 37.6 Å². The zero-order valence-corrected chi connectivity index (χ0v) is 15.3. The van der Waals surface area contributed by atoms with Gasteiger partial charge in [0.15, 0.2) is 0 Å². The summed E-state index contributed by atoms with van der Waals surface area (Å²) in [7, 11) is 1.80. The van der Waals surface area contributed by atoms with Crippen LogP contribution < -0.4 is 0 Å². The molecule has 0 amide bonds. The third kappa shape index (κ3) is 3.81. The second-order valence-electron chi connectivity index (χ2n) is 6.51. The van der Waals surface area contributed by atoms with Crippen LogP contribution in [0.2, 0.25) is 0 Å². The number of hydrogen-bond acceptors (Lipinski definition) is 2. The van der Waals surface area contributed by atoms with Gasteiger partial charge in [0, 0.05) is 23.9 Å². The van der Waals surface area contributed by atoms with E-state index in [9.17, 15) is 0 Å². The number of nitrogens with one attached hydrogen (secondary N) is 1. The Bertz CT molecular complexity index is 732. The van der Waals surface area contributed by atoms with Gasteiger partial charge in [-0.15, -0.1) is 0 Å². The first-order chi connectivity index (χ1) is 11.5. The highest BCUT2D eigenvalue weighted by molar-refractivity contribution is 6.31. The van der Waals surface area contributed by atoms with E-state index < -0.39 is 0 Å². The smallest absolute Gasteiger partial charge is 0.0647 e. The molecule has 0 saturated carbocycles. The van der Waals surface area contributed by atoms with Gasteiger partial charge in [-0.05, 0) is 36.8 Å². The fourth-order valence-electron chi connectivity index (χ4n) is 3.27. The molecular weight excluding hydrogens is 292 g/mol. The third-order valence-corrected chi connectivity index (χ3v) is 4.74. The van der Waals surface area contributed by atoms with Crippen LogP contribution in [0.25, 0.3) is 5.57 Å². The van der Waals surface area contributed by atoms with Crippen molar-refractivity contribution in [3.05, 3.63) is 65.3 Å². The van der Waals surface area contributed by atoms with Crippen molar-refractivity contribution >= 4 is 17.0 Å². The first-order valence-corrected chi connectivity index (χ1v) is 8.70. The van der Waals surface area contributed by atoms with Crippen molar-refractivity contribution in [1.29, 1.82) is 5.41 Å². The van der Waals surface area contributed by atoms with Gasteiger partial charge < -0.3 is 0 Å². The first kappa shape index (κ1) is 18.1. The second-order valence-corrected chi connectivity index (χ2v) is 6.51. The highest BCUT2D eigenvalue weighted by Crippen LogP contribution is 2.32. The molecule has 1 aromatic rings. The van der Waals surface area contributed by atoms with Crippen molar-refractivity contribution < 1.29 is 0 Å². The van der Waals surface area contributed by atoms with Gasteiger partial charge >= 0.3 is 0 Å². The summed E-state index contributed by atoms with van der Waals surface area (Å²) >= 11 is 0. The normalized spacial score (nSPS) is 18.0. The molecule has 2 heteroatoms. The molecule has 0 heterocycles. The highest BCUT2D eigenvalue weighted by Gasteiger charge is 2.21. The Balaban J connectivity index is 2.33. The molecule has 2 nitrogen and oxygen atoms in total. The molecular formula is C22H28N2. The summed E-state index contributed by atoms with van der Waals surface area (Å²) in [6, 6.07) is 8.09. The summed E-state index contributed by atoms with van der Waals surface area (Å²) in [5.41, 5.74) is 6.92. The van der Waals surface area contributed by atoms with E-state index in [-0.39, 0.29) is 0 Å². The summed E-state index contributed by atoms with van der Waals surface area (Å²) in [5, 5.41) is 8.68. The second kappa shape index (κ2) is 8.05. The minimum absolute atomic E-state index is 0.369. The van der Waals surface area contributed by atoms with Gasteiger partial charge in [-0.3, -0.25) is 10.4 Å². The Morgan fingerprint density at radius 1 is 1.25 bits per heavy atom. The zero-order valence-electron chi connectivity index (χ0n) is 15.3. The van der Waals surface area contributed by atoms with Crippen molar-refractivity contribution in [2.24, 2.45) is 10.9 Å². The standard InChI is InChI=1S/C22H28N2/c1-6-9-18-12-13-19(15(2)14-18)22(23)16(3)20-10-7-8-11-21(20)17(4)24-5/h7-8,10-13,15,23H,3,6,9,14H2,1-2,4-5H3. The summed E-state index contributed by atoms with van der Waals surface area (Å²) in [4.78, 5) is 4.30. The van der Waals surface area contributed by atoms with Gasteiger partial charge in [-0.2, -0.15) is 0 Å². The maximum atomic E-state index is 8.68. The van der Waals surface area contributed by atoms with Crippen LogP contribution in [0.5, 0.6) is 0 Å². The summed E-state index contributed by atoms with van der Waals surface area (Å²) in [6.07, 6.45) is 7.69. The summed E-state index contributed by atoms with van der Waals surface area (Å²) in [6.45, 7) is 10.6. The van der Waals surface area contributed by atoms with Gasteiger partial charge in [-0.1, -0.05) is 68.8 Å². The quantitative estimate of drug-likeness (QED) is 0.638. The van der Waals surface area contributed by atoms with Gasteiger partial charge in [0.1, 0.15) is 0 Å². The van der Waals surface area contributed by atoms with Crippen molar-refractivity contribution in [1.82, 2.24) is 0 Å². The van der Waals surface area contributed by atoms with Crippen LogP contribution in [0.15, 0.2) is 59.1 Å². The lowest BCUT2D eigenvalue weighted by molar-refractivity contribution is 0.657. The molecule has 0 bridgehead atoms. The number of allylic oxidation sites excluding steroid dienone is 5. The van der Waals surface area contributed by atoms with Crippen LogP contribution in [0, 0.1) is 11.3 Å². The van der Waals surface area contributed by atoms with E-state index in [1.165, 1.54) is 12.0 Å². The molecule has 2 rings (SSSR count). The molecule has 1 aliphatic rings. The van der Waals surface area contributed by atoms with E-state index in [0.717, 1.165) is 40.8 Å². The van der Waals surface area contributed by atoms with Crippen molar-refractivity contribution in [2.45, 2.75) is 40.0 Å². The zero-order chi connectivity index (χ0) is 17.7. The Hall–Kier alpha value is -2.22. The van der Waals surface area contributed by atoms with Crippen LogP contribution in [-0.4, -0.2) is 18.5 Å². The molecule has 126 valence electrons. The minimum atomic E-state index is 0.369. The molecule has 0 radical (unpaired) electrons. The van der Waals surface area contributed by atoms with E-state index in [4.69, 9.17) is 5.41 Å². The lowest BCUT2D eigenvalue weighted by Crippen LogP contribution is -2.15. The summed E-state index contributed by atoms with van der Waals surface area (Å²) < 4.78 is 0. The van der Waals surface area contributed by atoms with Crippen molar-refractivity contribution in [3.63, 3.8) is 0 Å². The Kier molecular flexibility index (Phi) is 6.08. The SMILES string of the molecule is C=C(C(=N)C1=CC=C(CCC)CC1C)c1ccccc1C(C)=NC. The number of rotatable bonds is 6. The molecule has 24 heavy (non-hydrogen) atoms. The molecule has 1 atom stereocenters. The van der Waals surface area contributed by atoms with E-state index in [0.29, 0.717) is 11.6 Å². The fourth-order valence-corrected chi connectivity index (χ4v) is 3.27. The molecule has 1 aliphatic carbocycles. The molecule has 0 saturated heterocycles. The third-order valence-electron chi connectivity index (χ3n) is 4.74. The number of benzene rings is 1. The molecule has 0 fully saturated rings. The minimum Gasteiger partial charge on any atom is -0.300 e. The summed E-state index contributed by atoms with van der Waals surface area (Å²) in [5.74, 6) is 0.369. The Labute approximate surface area is 146 Å². The number of aliphatic imine (C=N–C) groups is 1. The van der Waals surface area contributed by atoms with Crippen LogP contribution >= 0.6 is 0 Å². The topological polar surface area (TPSA) is 36.2 Å². The predicted molar refractivity (Wildman–Crippen MR) is 106 cm³/mol. The van der Waals surface area contributed by atoms with Crippen LogP contribution in [0.1, 0.15) is 51.2 Å². The predicted octanol–water partition coefficient (Wildman–Crippen LogP) is 5.85. The van der Waals surface area contributed by atoms with Crippen LogP contribution in [-0.2, 0) is 0 Å². The maximum Gasteiger partial charge on any atom is 0.0647 e. The molecule has 0 spiro atoms. The van der Waals surface area contributed by atoms with Crippen molar-refractivity contribution in [2.75, 3.05) is 7.05 Å². The lowest BCUT2D eigenvalue weighted by Gasteiger charge is -2.24. The maximum absolute atomic E-state index is 8.68. The Morgan fingerprint density at radius 3 is 2.50 bits per heavy atom. The number of nitrogens with zero attached hydrogens (tertiary/aromatic N) is 1. The molecule has 1 unspecified atom stereocenters.